The van der Waals surface area contributed by atoms with Crippen LogP contribution in [0.5, 0.6) is 0 Å². The summed E-state index contributed by atoms with van der Waals surface area (Å²) in [5, 5.41) is 3.48. The summed E-state index contributed by atoms with van der Waals surface area (Å²) in [6.45, 7) is 7.56. The molecule has 7 heteroatoms. The highest BCUT2D eigenvalue weighted by Gasteiger charge is 2.15. The molecule has 1 aromatic rings. The van der Waals surface area contributed by atoms with Crippen LogP contribution >= 0.6 is 11.6 Å². The van der Waals surface area contributed by atoms with Crippen molar-refractivity contribution in [2.45, 2.75) is 39.7 Å². The molecular formula is C12H20ClN3O2S. The van der Waals surface area contributed by atoms with Gasteiger partial charge in [-0.2, -0.15) is 0 Å². The second-order valence-corrected chi connectivity index (χ2v) is 7.68. The molecule has 0 radical (unpaired) electrons. The Kier molecular flexibility index (Phi) is 5.15. The largest absolute Gasteiger partial charge is 0.366 e. The van der Waals surface area contributed by atoms with Crippen LogP contribution < -0.4 is 5.32 Å². The molecule has 0 aromatic carbocycles. The van der Waals surface area contributed by atoms with Crippen molar-refractivity contribution in [3.63, 3.8) is 0 Å². The summed E-state index contributed by atoms with van der Waals surface area (Å²) in [6, 6.07) is -0.236. The van der Waals surface area contributed by atoms with Crippen LogP contribution in [0.25, 0.3) is 0 Å². The van der Waals surface area contributed by atoms with E-state index in [1.165, 1.54) is 6.26 Å². The van der Waals surface area contributed by atoms with Crippen LogP contribution in [-0.4, -0.2) is 36.4 Å². The van der Waals surface area contributed by atoms with Gasteiger partial charge in [0.15, 0.2) is 0 Å². The van der Waals surface area contributed by atoms with Gasteiger partial charge < -0.3 is 5.32 Å². The van der Waals surface area contributed by atoms with Crippen LogP contribution in [-0.2, 0) is 9.84 Å². The monoisotopic (exact) mass is 305 g/mol. The maximum atomic E-state index is 11.3. The van der Waals surface area contributed by atoms with Gasteiger partial charge in [-0.15, -0.1) is 0 Å². The Morgan fingerprint density at radius 3 is 2.32 bits per heavy atom. The minimum Gasteiger partial charge on any atom is -0.366 e. The molecule has 19 heavy (non-hydrogen) atoms. The van der Waals surface area contributed by atoms with Crippen molar-refractivity contribution < 1.29 is 8.42 Å². The first-order chi connectivity index (χ1) is 8.60. The first kappa shape index (κ1) is 16.2. The zero-order chi connectivity index (χ0) is 14.8. The van der Waals surface area contributed by atoms with Crippen LogP contribution in [0, 0.1) is 6.92 Å². The van der Waals surface area contributed by atoms with E-state index in [4.69, 9.17) is 11.6 Å². The molecule has 0 aliphatic carbocycles. The van der Waals surface area contributed by atoms with E-state index in [0.29, 0.717) is 16.8 Å². The summed E-state index contributed by atoms with van der Waals surface area (Å²) in [7, 11) is -3.03. The molecule has 5 nitrogen and oxygen atoms in total. The van der Waals surface area contributed by atoms with Crippen molar-refractivity contribution in [2.24, 2.45) is 0 Å². The van der Waals surface area contributed by atoms with Crippen molar-refractivity contribution in [3.8, 4) is 0 Å². The highest BCUT2D eigenvalue weighted by molar-refractivity contribution is 7.90. The van der Waals surface area contributed by atoms with Crippen LogP contribution in [0.3, 0.4) is 0 Å². The quantitative estimate of drug-likeness (QED) is 0.846. The molecule has 0 spiro atoms. The van der Waals surface area contributed by atoms with E-state index in [1.54, 1.807) is 6.92 Å². The standard InChI is InChI=1S/C12H20ClN3O2S/c1-7(2)11-15-10(13)9(4)12(16-11)14-8(3)6-19(5,17)18/h7-8H,6H2,1-5H3,(H,14,15,16). The summed E-state index contributed by atoms with van der Waals surface area (Å²) in [5.41, 5.74) is 0.728. The van der Waals surface area contributed by atoms with Gasteiger partial charge in [-0.25, -0.2) is 18.4 Å². The number of sulfone groups is 1. The number of hydrogen-bond donors (Lipinski definition) is 1. The smallest absolute Gasteiger partial charge is 0.149 e. The van der Waals surface area contributed by atoms with E-state index in [1.807, 2.05) is 20.8 Å². The topological polar surface area (TPSA) is 72.0 Å². The van der Waals surface area contributed by atoms with Gasteiger partial charge in [0.05, 0.1) is 5.75 Å². The van der Waals surface area contributed by atoms with Crippen LogP contribution in [0.4, 0.5) is 5.82 Å². The van der Waals surface area contributed by atoms with Gasteiger partial charge >= 0.3 is 0 Å². The number of nitrogens with one attached hydrogen (secondary N) is 1. The summed E-state index contributed by atoms with van der Waals surface area (Å²) in [4.78, 5) is 8.61. The van der Waals surface area contributed by atoms with Crippen LogP contribution in [0.2, 0.25) is 5.15 Å². The number of halogens is 1. The molecule has 1 aromatic heterocycles. The van der Waals surface area contributed by atoms with Crippen molar-refractivity contribution >= 4 is 27.3 Å². The van der Waals surface area contributed by atoms with Crippen molar-refractivity contribution in [1.82, 2.24) is 9.97 Å². The highest BCUT2D eigenvalue weighted by atomic mass is 35.5. The fraction of sp³-hybridized carbons (Fsp3) is 0.667. The SMILES string of the molecule is Cc1c(Cl)nc(C(C)C)nc1NC(C)CS(C)(=O)=O. The molecular weight excluding hydrogens is 286 g/mol. The van der Waals surface area contributed by atoms with Gasteiger partial charge in [-0.3, -0.25) is 0 Å². The fourth-order valence-electron chi connectivity index (χ4n) is 1.63. The van der Waals surface area contributed by atoms with Gasteiger partial charge in [0, 0.05) is 23.8 Å². The average molecular weight is 306 g/mol. The lowest BCUT2D eigenvalue weighted by atomic mass is 10.2. The third kappa shape index (κ3) is 4.95. The maximum absolute atomic E-state index is 11.3. The second kappa shape index (κ2) is 6.05. The Morgan fingerprint density at radius 2 is 1.84 bits per heavy atom. The lowest BCUT2D eigenvalue weighted by Gasteiger charge is -2.17. The molecule has 1 heterocycles. The molecule has 0 amide bonds. The first-order valence-corrected chi connectivity index (χ1v) is 8.52. The molecule has 0 saturated heterocycles. The first-order valence-electron chi connectivity index (χ1n) is 6.08. The lowest BCUT2D eigenvalue weighted by Crippen LogP contribution is -2.26. The molecule has 1 unspecified atom stereocenters. The molecule has 0 fully saturated rings. The molecule has 0 aliphatic heterocycles. The highest BCUT2D eigenvalue weighted by Crippen LogP contribution is 2.23. The zero-order valence-corrected chi connectivity index (χ0v) is 13.4. The normalized spacial score (nSPS) is 13.6. The third-order valence-corrected chi connectivity index (χ3v) is 4.03. The van der Waals surface area contributed by atoms with E-state index < -0.39 is 9.84 Å². The molecule has 1 atom stereocenters. The zero-order valence-electron chi connectivity index (χ0n) is 11.9. The van der Waals surface area contributed by atoms with E-state index >= 15 is 0 Å². The predicted octanol–water partition coefficient (Wildman–Crippen LogP) is 2.41. The van der Waals surface area contributed by atoms with Crippen LogP contribution in [0.1, 0.15) is 38.1 Å². The van der Waals surface area contributed by atoms with Gasteiger partial charge in [-0.05, 0) is 13.8 Å². The van der Waals surface area contributed by atoms with Gasteiger partial charge in [0.2, 0.25) is 0 Å². The average Bonchev–Trinajstić information content (AvgIpc) is 2.21. The van der Waals surface area contributed by atoms with Gasteiger partial charge in [-0.1, -0.05) is 25.4 Å². The number of hydrogen-bond acceptors (Lipinski definition) is 5. The second-order valence-electron chi connectivity index (χ2n) is 5.14. The Bertz CT molecular complexity index is 558. The van der Waals surface area contributed by atoms with Gasteiger partial charge in [0.1, 0.15) is 26.6 Å². The number of rotatable bonds is 5. The van der Waals surface area contributed by atoms with Crippen LogP contribution in [0.15, 0.2) is 0 Å². The number of aromatic nitrogens is 2. The van der Waals surface area contributed by atoms with E-state index in [0.717, 1.165) is 5.56 Å². The van der Waals surface area contributed by atoms with E-state index in [2.05, 4.69) is 15.3 Å². The molecule has 1 rings (SSSR count). The summed E-state index contributed by atoms with van der Waals surface area (Å²) >= 11 is 6.07. The summed E-state index contributed by atoms with van der Waals surface area (Å²) in [5.74, 6) is 1.44. The minimum atomic E-state index is -3.03. The van der Waals surface area contributed by atoms with Gasteiger partial charge in [0.25, 0.3) is 0 Å². The lowest BCUT2D eigenvalue weighted by molar-refractivity contribution is 0.597. The Labute approximate surface area is 119 Å². The van der Waals surface area contributed by atoms with Crippen molar-refractivity contribution in [2.75, 3.05) is 17.3 Å². The third-order valence-electron chi connectivity index (χ3n) is 2.56. The maximum Gasteiger partial charge on any atom is 0.149 e. The molecule has 0 saturated carbocycles. The molecule has 0 aliphatic rings. The number of anilines is 1. The fourth-order valence-corrected chi connectivity index (χ4v) is 2.80. The van der Waals surface area contributed by atoms with E-state index in [-0.39, 0.29) is 17.7 Å². The Balaban J connectivity index is 3.00. The minimum absolute atomic E-state index is 0.0467. The van der Waals surface area contributed by atoms with Crippen molar-refractivity contribution in [3.05, 3.63) is 16.5 Å². The van der Waals surface area contributed by atoms with Crippen molar-refractivity contribution in [1.29, 1.82) is 0 Å². The Hall–Kier alpha value is -0.880. The molecule has 1 N–H and O–H groups in total. The predicted molar refractivity (Wildman–Crippen MR) is 78.7 cm³/mol. The molecule has 108 valence electrons. The Morgan fingerprint density at radius 1 is 1.26 bits per heavy atom. The summed E-state index contributed by atoms with van der Waals surface area (Å²) in [6.07, 6.45) is 1.21. The van der Waals surface area contributed by atoms with E-state index in [9.17, 15) is 8.42 Å². The molecule has 0 bridgehead atoms. The summed E-state index contributed by atoms with van der Waals surface area (Å²) < 4.78 is 22.5. The number of nitrogens with zero attached hydrogens (tertiary/aromatic N) is 2.